The molecule has 0 aliphatic carbocycles. The molecule has 1 N–H and O–H groups in total. The van der Waals surface area contributed by atoms with Crippen LogP contribution in [0.5, 0.6) is 0 Å². The van der Waals surface area contributed by atoms with Crippen molar-refractivity contribution < 1.29 is 9.50 Å². The van der Waals surface area contributed by atoms with Gasteiger partial charge in [-0.3, -0.25) is 4.98 Å². The minimum Gasteiger partial charge on any atom is -0.388 e. The van der Waals surface area contributed by atoms with Crippen molar-refractivity contribution in [3.8, 4) is 0 Å². The highest BCUT2D eigenvalue weighted by Crippen LogP contribution is 2.23. The van der Waals surface area contributed by atoms with E-state index in [1.54, 1.807) is 18.2 Å². The molecule has 0 saturated carbocycles. The minimum atomic E-state index is -0.770. The molecule has 1 heterocycles. The first-order valence-corrected chi connectivity index (χ1v) is 6.40. The van der Waals surface area contributed by atoms with Crippen LogP contribution in [0, 0.1) is 19.7 Å². The molecular weight excluding hydrogens is 265 g/mol. The Labute approximate surface area is 116 Å². The number of pyridine rings is 1. The van der Waals surface area contributed by atoms with Gasteiger partial charge in [-0.15, -0.1) is 0 Å². The molecule has 0 amide bonds. The molecule has 0 aliphatic rings. The van der Waals surface area contributed by atoms with Crippen LogP contribution in [0.15, 0.2) is 30.3 Å². The average Bonchev–Trinajstić information content (AvgIpc) is 2.32. The maximum atomic E-state index is 13.6. The molecule has 0 bridgehead atoms. The molecule has 2 nitrogen and oxygen atoms in total. The van der Waals surface area contributed by atoms with Crippen LogP contribution in [-0.4, -0.2) is 10.1 Å². The zero-order chi connectivity index (χ0) is 14.0. The van der Waals surface area contributed by atoms with Crippen molar-refractivity contribution in [1.82, 2.24) is 4.98 Å². The van der Waals surface area contributed by atoms with Gasteiger partial charge < -0.3 is 5.11 Å². The summed E-state index contributed by atoms with van der Waals surface area (Å²) in [6.07, 6.45) is -0.580. The van der Waals surface area contributed by atoms with Gasteiger partial charge in [0, 0.05) is 22.8 Å². The van der Waals surface area contributed by atoms with Crippen LogP contribution in [0.4, 0.5) is 4.39 Å². The second-order valence-corrected chi connectivity index (χ2v) is 5.08. The Kier molecular flexibility index (Phi) is 4.17. The highest BCUT2D eigenvalue weighted by Gasteiger charge is 2.13. The summed E-state index contributed by atoms with van der Waals surface area (Å²) in [5, 5.41) is 10.7. The van der Waals surface area contributed by atoms with E-state index in [1.165, 1.54) is 12.1 Å². The summed E-state index contributed by atoms with van der Waals surface area (Å²) in [6.45, 7) is 3.73. The van der Waals surface area contributed by atoms with Crippen molar-refractivity contribution in [2.45, 2.75) is 26.4 Å². The van der Waals surface area contributed by atoms with Gasteiger partial charge in [-0.05, 0) is 55.3 Å². The number of aliphatic hydroxyl groups excluding tert-OH is 1. The normalized spacial score (nSPS) is 12.5. The van der Waals surface area contributed by atoms with Crippen LogP contribution in [0.25, 0.3) is 0 Å². The van der Waals surface area contributed by atoms with Crippen LogP contribution in [0.2, 0.25) is 5.02 Å². The van der Waals surface area contributed by atoms with Crippen LogP contribution >= 0.6 is 11.6 Å². The zero-order valence-corrected chi connectivity index (χ0v) is 11.6. The fourth-order valence-corrected chi connectivity index (χ4v) is 2.28. The van der Waals surface area contributed by atoms with Crippen LogP contribution < -0.4 is 0 Å². The van der Waals surface area contributed by atoms with E-state index in [9.17, 15) is 9.50 Å². The SMILES string of the molecule is Cc1cc(C(O)Cc2cc(Cl)ccc2F)cc(C)n1. The molecule has 0 spiro atoms. The summed E-state index contributed by atoms with van der Waals surface area (Å²) in [7, 11) is 0. The summed E-state index contributed by atoms with van der Waals surface area (Å²) in [5.74, 6) is -0.356. The van der Waals surface area contributed by atoms with Gasteiger partial charge >= 0.3 is 0 Å². The summed E-state index contributed by atoms with van der Waals surface area (Å²) in [4.78, 5) is 4.25. The quantitative estimate of drug-likeness (QED) is 0.928. The summed E-state index contributed by atoms with van der Waals surface area (Å²) < 4.78 is 13.6. The predicted octanol–water partition coefficient (Wildman–Crippen LogP) is 3.77. The number of halogens is 2. The van der Waals surface area contributed by atoms with E-state index in [2.05, 4.69) is 4.98 Å². The van der Waals surface area contributed by atoms with E-state index >= 15 is 0 Å². The first kappa shape index (κ1) is 14.0. The molecule has 0 saturated heterocycles. The Bertz CT molecular complexity index is 580. The van der Waals surface area contributed by atoms with Gasteiger partial charge in [-0.2, -0.15) is 0 Å². The predicted molar refractivity (Wildman–Crippen MR) is 73.8 cm³/mol. The minimum absolute atomic E-state index is 0.190. The van der Waals surface area contributed by atoms with Gasteiger partial charge in [-0.25, -0.2) is 4.39 Å². The van der Waals surface area contributed by atoms with Crippen molar-refractivity contribution in [2.75, 3.05) is 0 Å². The molecule has 4 heteroatoms. The molecule has 0 fully saturated rings. The van der Waals surface area contributed by atoms with Crippen LogP contribution in [-0.2, 0) is 6.42 Å². The number of hydrogen-bond donors (Lipinski definition) is 1. The lowest BCUT2D eigenvalue weighted by molar-refractivity contribution is 0.177. The number of benzene rings is 1. The largest absolute Gasteiger partial charge is 0.388 e. The molecule has 2 aromatic rings. The first-order valence-electron chi connectivity index (χ1n) is 6.03. The fourth-order valence-electron chi connectivity index (χ4n) is 2.09. The maximum Gasteiger partial charge on any atom is 0.126 e. The van der Waals surface area contributed by atoms with Crippen molar-refractivity contribution in [1.29, 1.82) is 0 Å². The Morgan fingerprint density at radius 1 is 1.21 bits per heavy atom. The van der Waals surface area contributed by atoms with Crippen molar-refractivity contribution in [2.24, 2.45) is 0 Å². The van der Waals surface area contributed by atoms with E-state index in [4.69, 9.17) is 11.6 Å². The summed E-state index contributed by atoms with van der Waals surface area (Å²) in [6, 6.07) is 7.96. The second-order valence-electron chi connectivity index (χ2n) is 4.64. The monoisotopic (exact) mass is 279 g/mol. The lowest BCUT2D eigenvalue weighted by Gasteiger charge is -2.13. The Balaban J connectivity index is 2.25. The second kappa shape index (κ2) is 5.68. The Morgan fingerprint density at radius 2 is 1.84 bits per heavy atom. The van der Waals surface area contributed by atoms with Crippen molar-refractivity contribution in [3.63, 3.8) is 0 Å². The average molecular weight is 280 g/mol. The third-order valence-electron chi connectivity index (χ3n) is 2.91. The van der Waals surface area contributed by atoms with Crippen molar-refractivity contribution >= 4 is 11.6 Å². The van der Waals surface area contributed by atoms with Gasteiger partial charge in [0.15, 0.2) is 0 Å². The number of rotatable bonds is 3. The molecule has 1 atom stereocenters. The summed E-state index contributed by atoms with van der Waals surface area (Å²) >= 11 is 5.84. The lowest BCUT2D eigenvalue weighted by atomic mass is 10.0. The zero-order valence-electron chi connectivity index (χ0n) is 10.8. The fraction of sp³-hybridized carbons (Fsp3) is 0.267. The Hall–Kier alpha value is -1.45. The molecular formula is C15H15ClFNO. The van der Waals surface area contributed by atoms with E-state index in [1.807, 2.05) is 13.8 Å². The molecule has 100 valence electrons. The third-order valence-corrected chi connectivity index (χ3v) is 3.14. The standard InChI is InChI=1S/C15H15ClFNO/c1-9-5-12(6-10(2)18-9)15(19)8-11-7-13(16)3-4-14(11)17/h3-7,15,19H,8H2,1-2H3. The van der Waals surface area contributed by atoms with Gasteiger partial charge in [0.25, 0.3) is 0 Å². The number of aliphatic hydroxyl groups is 1. The first-order chi connectivity index (χ1) is 8.95. The van der Waals surface area contributed by atoms with Gasteiger partial charge in [0.05, 0.1) is 6.10 Å². The number of aromatic nitrogens is 1. The van der Waals surface area contributed by atoms with Gasteiger partial charge in [0.2, 0.25) is 0 Å². The summed E-state index contributed by atoms with van der Waals surface area (Å²) in [5.41, 5.74) is 2.82. The number of nitrogens with zero attached hydrogens (tertiary/aromatic N) is 1. The topological polar surface area (TPSA) is 33.1 Å². The van der Waals surface area contributed by atoms with E-state index in [0.29, 0.717) is 10.6 Å². The van der Waals surface area contributed by atoms with E-state index < -0.39 is 6.10 Å². The molecule has 0 radical (unpaired) electrons. The molecule has 1 unspecified atom stereocenters. The number of hydrogen-bond acceptors (Lipinski definition) is 2. The van der Waals surface area contributed by atoms with Gasteiger partial charge in [0.1, 0.15) is 5.82 Å². The molecule has 0 aliphatic heterocycles. The molecule has 2 rings (SSSR count). The molecule has 19 heavy (non-hydrogen) atoms. The third kappa shape index (κ3) is 3.52. The highest BCUT2D eigenvalue weighted by atomic mass is 35.5. The maximum absolute atomic E-state index is 13.6. The highest BCUT2D eigenvalue weighted by molar-refractivity contribution is 6.30. The van der Waals surface area contributed by atoms with Crippen molar-refractivity contribution in [3.05, 3.63) is 63.7 Å². The van der Waals surface area contributed by atoms with E-state index in [-0.39, 0.29) is 12.2 Å². The van der Waals surface area contributed by atoms with Crippen LogP contribution in [0.3, 0.4) is 0 Å². The number of aryl methyl sites for hydroxylation is 2. The Morgan fingerprint density at radius 3 is 2.47 bits per heavy atom. The van der Waals surface area contributed by atoms with Gasteiger partial charge in [-0.1, -0.05) is 11.6 Å². The molecule has 1 aromatic carbocycles. The lowest BCUT2D eigenvalue weighted by Crippen LogP contribution is -2.05. The molecule has 1 aromatic heterocycles. The van der Waals surface area contributed by atoms with Crippen LogP contribution in [0.1, 0.15) is 28.6 Å². The van der Waals surface area contributed by atoms with E-state index in [0.717, 1.165) is 17.0 Å². The smallest absolute Gasteiger partial charge is 0.126 e.